The van der Waals surface area contributed by atoms with Crippen molar-refractivity contribution in [3.63, 3.8) is 0 Å². The summed E-state index contributed by atoms with van der Waals surface area (Å²) in [5, 5.41) is 3.77. The van der Waals surface area contributed by atoms with Gasteiger partial charge in [0.1, 0.15) is 11.6 Å². The normalized spacial score (nSPS) is 10.8. The van der Waals surface area contributed by atoms with Gasteiger partial charge < -0.3 is 0 Å². The van der Waals surface area contributed by atoms with Crippen LogP contribution in [0.3, 0.4) is 0 Å². The fraction of sp³-hybridized carbons (Fsp3) is 0. The molecule has 0 aliphatic carbocycles. The molecule has 0 atom stereocenters. The van der Waals surface area contributed by atoms with E-state index in [-0.39, 0.29) is 11.5 Å². The van der Waals surface area contributed by atoms with Crippen LogP contribution in [0.15, 0.2) is 47.6 Å². The molecule has 0 heterocycles. The van der Waals surface area contributed by atoms with Crippen LogP contribution in [0.5, 0.6) is 0 Å². The van der Waals surface area contributed by atoms with Gasteiger partial charge in [-0.3, -0.25) is 5.43 Å². The molecule has 0 aliphatic rings. The largest absolute Gasteiger partial charge is 0.276 e. The van der Waals surface area contributed by atoms with E-state index in [1.54, 1.807) is 0 Å². The summed E-state index contributed by atoms with van der Waals surface area (Å²) in [6.07, 6.45) is 1.40. The second kappa shape index (κ2) is 5.35. The van der Waals surface area contributed by atoms with Gasteiger partial charge in [-0.2, -0.15) is 5.10 Å². The second-order valence-electron chi connectivity index (χ2n) is 3.55. The SMILES string of the molecule is Fc1ccc(/C=N/Nc2ccc(F)cc2F)cc1. The Morgan fingerprint density at radius 3 is 2.22 bits per heavy atom. The molecule has 0 unspecified atom stereocenters. The molecular weight excluding hydrogens is 241 g/mol. The average molecular weight is 250 g/mol. The minimum absolute atomic E-state index is 0.0646. The van der Waals surface area contributed by atoms with Crippen molar-refractivity contribution in [3.8, 4) is 0 Å². The van der Waals surface area contributed by atoms with E-state index in [1.165, 1.54) is 36.5 Å². The Kier molecular flexibility index (Phi) is 3.62. The maximum atomic E-state index is 13.2. The fourth-order valence-corrected chi connectivity index (χ4v) is 1.31. The number of hydrogen-bond acceptors (Lipinski definition) is 2. The van der Waals surface area contributed by atoms with E-state index >= 15 is 0 Å². The maximum absolute atomic E-state index is 13.2. The molecule has 0 saturated heterocycles. The zero-order valence-corrected chi connectivity index (χ0v) is 9.20. The Labute approximate surface area is 102 Å². The van der Waals surface area contributed by atoms with Gasteiger partial charge in [-0.05, 0) is 29.8 Å². The van der Waals surface area contributed by atoms with Crippen LogP contribution < -0.4 is 5.43 Å². The highest BCUT2D eigenvalue weighted by molar-refractivity contribution is 5.80. The maximum Gasteiger partial charge on any atom is 0.151 e. The predicted octanol–water partition coefficient (Wildman–Crippen LogP) is 3.55. The second-order valence-corrected chi connectivity index (χ2v) is 3.55. The molecule has 5 heteroatoms. The molecule has 1 N–H and O–H groups in total. The lowest BCUT2D eigenvalue weighted by atomic mass is 10.2. The Hall–Kier alpha value is -2.30. The van der Waals surface area contributed by atoms with Gasteiger partial charge in [-0.15, -0.1) is 0 Å². The first-order valence-corrected chi connectivity index (χ1v) is 5.15. The Balaban J connectivity index is 2.05. The van der Waals surface area contributed by atoms with E-state index in [9.17, 15) is 13.2 Å². The molecular formula is C13H9F3N2. The third kappa shape index (κ3) is 3.10. The van der Waals surface area contributed by atoms with Gasteiger partial charge in [0.05, 0.1) is 11.9 Å². The standard InChI is InChI=1S/C13H9F3N2/c14-10-3-1-9(2-4-10)8-17-18-13-6-5-11(15)7-12(13)16/h1-8,18H/b17-8+. The van der Waals surface area contributed by atoms with Gasteiger partial charge in [0.25, 0.3) is 0 Å². The third-order valence-corrected chi connectivity index (χ3v) is 2.20. The first-order valence-electron chi connectivity index (χ1n) is 5.15. The van der Waals surface area contributed by atoms with Crippen LogP contribution in [-0.4, -0.2) is 6.21 Å². The lowest BCUT2D eigenvalue weighted by molar-refractivity contribution is 0.585. The minimum atomic E-state index is -0.730. The summed E-state index contributed by atoms with van der Waals surface area (Å²) in [6, 6.07) is 8.77. The number of hydrazone groups is 1. The van der Waals surface area contributed by atoms with Crippen molar-refractivity contribution in [2.24, 2.45) is 5.10 Å². The van der Waals surface area contributed by atoms with E-state index < -0.39 is 11.6 Å². The quantitative estimate of drug-likeness (QED) is 0.653. The van der Waals surface area contributed by atoms with Crippen molar-refractivity contribution in [2.75, 3.05) is 5.43 Å². The summed E-state index contributed by atoms with van der Waals surface area (Å²) in [5.74, 6) is -1.73. The topological polar surface area (TPSA) is 24.4 Å². The van der Waals surface area contributed by atoms with E-state index in [2.05, 4.69) is 10.5 Å². The van der Waals surface area contributed by atoms with E-state index in [4.69, 9.17) is 0 Å². The molecule has 2 aromatic rings. The van der Waals surface area contributed by atoms with Crippen molar-refractivity contribution in [1.82, 2.24) is 0 Å². The Bertz CT molecular complexity index is 565. The van der Waals surface area contributed by atoms with Crippen LogP contribution in [0.4, 0.5) is 18.9 Å². The van der Waals surface area contributed by atoms with E-state index in [0.29, 0.717) is 5.56 Å². The predicted molar refractivity (Wildman–Crippen MR) is 64.0 cm³/mol. The molecule has 2 aromatic carbocycles. The number of halogens is 3. The summed E-state index contributed by atoms with van der Waals surface area (Å²) in [6.45, 7) is 0. The molecule has 0 spiro atoms. The smallest absolute Gasteiger partial charge is 0.151 e. The molecule has 0 saturated carbocycles. The van der Waals surface area contributed by atoms with E-state index in [0.717, 1.165) is 12.1 Å². The first kappa shape index (κ1) is 12.2. The number of benzene rings is 2. The van der Waals surface area contributed by atoms with Crippen LogP contribution >= 0.6 is 0 Å². The molecule has 18 heavy (non-hydrogen) atoms. The minimum Gasteiger partial charge on any atom is -0.276 e. The summed E-state index contributed by atoms with van der Waals surface area (Å²) in [7, 11) is 0. The number of rotatable bonds is 3. The van der Waals surface area contributed by atoms with Crippen LogP contribution in [0.25, 0.3) is 0 Å². The molecule has 2 rings (SSSR count). The van der Waals surface area contributed by atoms with Crippen molar-refractivity contribution in [2.45, 2.75) is 0 Å². The molecule has 0 bridgehead atoms. The van der Waals surface area contributed by atoms with Crippen molar-refractivity contribution in [1.29, 1.82) is 0 Å². The first-order chi connectivity index (χ1) is 8.65. The van der Waals surface area contributed by atoms with Crippen molar-refractivity contribution in [3.05, 3.63) is 65.5 Å². The number of nitrogens with zero attached hydrogens (tertiary/aromatic N) is 1. The monoisotopic (exact) mass is 250 g/mol. The van der Waals surface area contributed by atoms with Gasteiger partial charge in [0.2, 0.25) is 0 Å². The van der Waals surface area contributed by atoms with Crippen LogP contribution in [0, 0.1) is 17.5 Å². The highest BCUT2D eigenvalue weighted by Gasteiger charge is 2.01. The molecule has 0 amide bonds. The zero-order valence-electron chi connectivity index (χ0n) is 9.20. The number of hydrogen-bond donors (Lipinski definition) is 1. The Morgan fingerprint density at radius 1 is 0.889 bits per heavy atom. The van der Waals surface area contributed by atoms with Gasteiger partial charge >= 0.3 is 0 Å². The molecule has 2 nitrogen and oxygen atoms in total. The molecule has 92 valence electrons. The molecule has 0 radical (unpaired) electrons. The van der Waals surface area contributed by atoms with E-state index in [1.807, 2.05) is 0 Å². The van der Waals surface area contributed by atoms with Gasteiger partial charge in [-0.1, -0.05) is 12.1 Å². The van der Waals surface area contributed by atoms with Gasteiger partial charge in [-0.25, -0.2) is 13.2 Å². The highest BCUT2D eigenvalue weighted by Crippen LogP contribution is 2.14. The lowest BCUT2D eigenvalue weighted by Gasteiger charge is -2.01. The summed E-state index contributed by atoms with van der Waals surface area (Å²) in [4.78, 5) is 0. The fourth-order valence-electron chi connectivity index (χ4n) is 1.31. The van der Waals surface area contributed by atoms with Gasteiger partial charge in [0.15, 0.2) is 5.82 Å². The van der Waals surface area contributed by atoms with Crippen LogP contribution in [-0.2, 0) is 0 Å². The summed E-state index contributed by atoms with van der Waals surface area (Å²) in [5.41, 5.74) is 3.16. The summed E-state index contributed by atoms with van der Waals surface area (Å²) >= 11 is 0. The lowest BCUT2D eigenvalue weighted by Crippen LogP contribution is -1.94. The van der Waals surface area contributed by atoms with Crippen molar-refractivity contribution < 1.29 is 13.2 Å². The van der Waals surface area contributed by atoms with Crippen LogP contribution in [0.2, 0.25) is 0 Å². The Morgan fingerprint density at radius 2 is 1.56 bits per heavy atom. The average Bonchev–Trinajstić information content (AvgIpc) is 2.34. The summed E-state index contributed by atoms with van der Waals surface area (Å²) < 4.78 is 38.5. The zero-order chi connectivity index (χ0) is 13.0. The van der Waals surface area contributed by atoms with Crippen LogP contribution in [0.1, 0.15) is 5.56 Å². The third-order valence-electron chi connectivity index (χ3n) is 2.20. The van der Waals surface area contributed by atoms with Crippen molar-refractivity contribution >= 4 is 11.9 Å². The molecule has 0 aromatic heterocycles. The molecule has 0 aliphatic heterocycles. The van der Waals surface area contributed by atoms with Gasteiger partial charge in [0, 0.05) is 6.07 Å². The molecule has 0 fully saturated rings. The number of anilines is 1. The number of nitrogens with one attached hydrogen (secondary N) is 1. The highest BCUT2D eigenvalue weighted by atomic mass is 19.1.